The van der Waals surface area contributed by atoms with Gasteiger partial charge in [0.2, 0.25) is 5.91 Å². The molecule has 0 aromatic rings. The van der Waals surface area contributed by atoms with Crippen LogP contribution < -0.4 is 5.32 Å². The number of allylic oxidation sites excluding steroid dienone is 8. The molecule has 9 heteroatoms. The zero-order valence-corrected chi connectivity index (χ0v) is 33.8. The van der Waals surface area contributed by atoms with Crippen molar-refractivity contribution in [3.05, 3.63) is 48.6 Å². The molecule has 1 amide bonds. The summed E-state index contributed by atoms with van der Waals surface area (Å²) in [6, 6.07) is -0.766. The van der Waals surface area contributed by atoms with Gasteiger partial charge in [0, 0.05) is 6.42 Å². The fourth-order valence-corrected chi connectivity index (χ4v) is 6.12. The number of unbranched alkanes of at least 4 members (excludes halogenated alkanes) is 14. The number of aliphatic hydroxyl groups is 1. The molecule has 3 N–H and O–H groups in total. The first kappa shape index (κ1) is 48.5. The first-order chi connectivity index (χ1) is 24.0. The Morgan fingerprint density at radius 3 is 1.76 bits per heavy atom. The molecule has 0 saturated heterocycles. The normalized spacial score (nSPS) is 15.1. The Morgan fingerprint density at radius 1 is 0.700 bits per heavy atom. The third kappa shape index (κ3) is 34.9. The molecule has 0 radical (unpaired) electrons. The SMILES string of the molecule is CC/C=C\C/C=C\C/C=C\C/C=C\CCCCCCCCC(=O)NC(COP(=O)(O)OCC[N+](C)(C)C)C(O)CCCCCCCCCCC. The van der Waals surface area contributed by atoms with Crippen molar-refractivity contribution in [2.24, 2.45) is 0 Å². The lowest BCUT2D eigenvalue weighted by molar-refractivity contribution is -0.870. The highest BCUT2D eigenvalue weighted by Crippen LogP contribution is 2.43. The van der Waals surface area contributed by atoms with E-state index in [1.54, 1.807) is 0 Å². The number of nitrogens with zero attached hydrogens (tertiary/aromatic N) is 1. The average Bonchev–Trinajstić information content (AvgIpc) is 3.06. The summed E-state index contributed by atoms with van der Waals surface area (Å²) in [5.74, 6) is -0.164. The first-order valence-corrected chi connectivity index (χ1v) is 21.5. The Bertz CT molecular complexity index is 959. The number of carbonyl (C=O) groups excluding carboxylic acids is 1. The van der Waals surface area contributed by atoms with E-state index in [2.05, 4.69) is 67.8 Å². The van der Waals surface area contributed by atoms with E-state index >= 15 is 0 Å². The van der Waals surface area contributed by atoms with Crippen LogP contribution in [0.3, 0.4) is 0 Å². The van der Waals surface area contributed by atoms with Crippen molar-refractivity contribution >= 4 is 13.7 Å². The van der Waals surface area contributed by atoms with Gasteiger partial charge in [0.1, 0.15) is 13.2 Å². The topological polar surface area (TPSA) is 105 Å². The molecule has 3 unspecified atom stereocenters. The van der Waals surface area contributed by atoms with Crippen molar-refractivity contribution in [1.82, 2.24) is 5.32 Å². The average molecular weight is 726 g/mol. The molecule has 50 heavy (non-hydrogen) atoms. The van der Waals surface area contributed by atoms with E-state index in [0.717, 1.165) is 77.0 Å². The lowest BCUT2D eigenvalue weighted by atomic mass is 10.0. The molecule has 0 fully saturated rings. The molecule has 0 bridgehead atoms. The smallest absolute Gasteiger partial charge is 0.391 e. The largest absolute Gasteiger partial charge is 0.472 e. The van der Waals surface area contributed by atoms with E-state index in [0.29, 0.717) is 23.9 Å². The predicted octanol–water partition coefficient (Wildman–Crippen LogP) is 10.5. The number of aliphatic hydroxyl groups excluding tert-OH is 1. The maximum atomic E-state index is 12.8. The molecule has 0 aliphatic carbocycles. The Morgan fingerprint density at radius 2 is 1.20 bits per heavy atom. The number of carbonyl (C=O) groups is 1. The van der Waals surface area contributed by atoms with Gasteiger partial charge >= 0.3 is 7.82 Å². The van der Waals surface area contributed by atoms with Crippen molar-refractivity contribution in [2.45, 2.75) is 167 Å². The van der Waals surface area contributed by atoms with E-state index in [1.165, 1.54) is 51.4 Å². The van der Waals surface area contributed by atoms with Gasteiger partial charge in [-0.2, -0.15) is 0 Å². The number of phosphoric acid groups is 1. The lowest BCUT2D eigenvalue weighted by Crippen LogP contribution is -2.46. The Balaban J connectivity index is 4.39. The molecule has 0 rings (SSSR count). The molecule has 0 spiro atoms. The van der Waals surface area contributed by atoms with Gasteiger partial charge in [0.25, 0.3) is 0 Å². The maximum absolute atomic E-state index is 12.8. The van der Waals surface area contributed by atoms with Crippen LogP contribution in [0.5, 0.6) is 0 Å². The van der Waals surface area contributed by atoms with Gasteiger partial charge < -0.3 is 19.8 Å². The molecule has 0 heterocycles. The third-order valence-electron chi connectivity index (χ3n) is 8.59. The molecule has 292 valence electrons. The standard InChI is InChI=1S/C41H77N2O6P/c1-6-8-10-12-14-16-17-18-19-20-21-22-23-24-25-27-29-31-33-35-41(45)42-39(38-49-50(46,47)48-37-36-43(3,4)5)40(44)34-32-30-28-26-15-13-11-9-7-2/h8,10,14,16,18-19,21-22,39-40,44H,6-7,9,11-13,15,17,20,23-38H2,1-5H3,(H-,42,45,46,47)/p+1/b10-8-,16-14-,19-18-,22-21-. The molecule has 0 aliphatic heterocycles. The van der Waals surface area contributed by atoms with Crippen LogP contribution in [0, 0.1) is 0 Å². The van der Waals surface area contributed by atoms with Crippen molar-refractivity contribution in [3.8, 4) is 0 Å². The summed E-state index contributed by atoms with van der Waals surface area (Å²) in [6.07, 6.45) is 39.9. The predicted molar refractivity (Wildman–Crippen MR) is 212 cm³/mol. The van der Waals surface area contributed by atoms with Gasteiger partial charge in [-0.1, -0.05) is 146 Å². The molecule has 0 aliphatic rings. The van der Waals surface area contributed by atoms with Crippen LogP contribution in [0.2, 0.25) is 0 Å². The number of hydrogen-bond acceptors (Lipinski definition) is 5. The quantitative estimate of drug-likeness (QED) is 0.0260. The summed E-state index contributed by atoms with van der Waals surface area (Å²) >= 11 is 0. The number of likely N-dealkylation sites (N-methyl/N-ethyl adjacent to an activating group) is 1. The van der Waals surface area contributed by atoms with Gasteiger partial charge in [0.15, 0.2) is 0 Å². The van der Waals surface area contributed by atoms with Crippen LogP contribution >= 0.6 is 7.82 Å². The Kier molecular flexibility index (Phi) is 32.3. The number of quaternary nitrogens is 1. The van der Waals surface area contributed by atoms with Gasteiger partial charge in [-0.25, -0.2) is 4.57 Å². The lowest BCUT2D eigenvalue weighted by Gasteiger charge is -2.26. The highest BCUT2D eigenvalue weighted by Gasteiger charge is 2.28. The second-order valence-corrected chi connectivity index (χ2v) is 16.1. The van der Waals surface area contributed by atoms with Crippen LogP contribution in [-0.2, 0) is 18.4 Å². The maximum Gasteiger partial charge on any atom is 0.472 e. The number of nitrogens with one attached hydrogen (secondary N) is 1. The monoisotopic (exact) mass is 726 g/mol. The summed E-state index contributed by atoms with van der Waals surface area (Å²) in [7, 11) is 1.59. The van der Waals surface area contributed by atoms with Crippen LogP contribution in [-0.4, -0.2) is 73.4 Å². The highest BCUT2D eigenvalue weighted by molar-refractivity contribution is 7.47. The summed E-state index contributed by atoms with van der Waals surface area (Å²) in [5, 5.41) is 13.8. The second-order valence-electron chi connectivity index (χ2n) is 14.6. The Labute approximate surface area is 308 Å². The molecule has 3 atom stereocenters. The number of phosphoric ester groups is 1. The zero-order valence-electron chi connectivity index (χ0n) is 32.9. The van der Waals surface area contributed by atoms with Crippen molar-refractivity contribution < 1.29 is 32.9 Å². The van der Waals surface area contributed by atoms with E-state index in [9.17, 15) is 19.4 Å². The minimum Gasteiger partial charge on any atom is -0.391 e. The van der Waals surface area contributed by atoms with Gasteiger partial charge in [-0.05, 0) is 51.4 Å². The minimum atomic E-state index is -4.31. The third-order valence-corrected chi connectivity index (χ3v) is 9.58. The second kappa shape index (κ2) is 33.3. The number of hydrogen-bond donors (Lipinski definition) is 3. The Hall–Kier alpha value is -1.54. The summed E-state index contributed by atoms with van der Waals surface area (Å²) < 4.78 is 23.5. The van der Waals surface area contributed by atoms with E-state index in [-0.39, 0.29) is 19.1 Å². The summed E-state index contributed by atoms with van der Waals surface area (Å²) in [5.41, 5.74) is 0. The van der Waals surface area contributed by atoms with E-state index < -0.39 is 20.0 Å². The van der Waals surface area contributed by atoms with Gasteiger partial charge in [-0.3, -0.25) is 13.8 Å². The van der Waals surface area contributed by atoms with Crippen LogP contribution in [0.25, 0.3) is 0 Å². The zero-order chi connectivity index (χ0) is 37.2. The minimum absolute atomic E-state index is 0.0692. The molecule has 0 aromatic carbocycles. The fourth-order valence-electron chi connectivity index (χ4n) is 5.39. The van der Waals surface area contributed by atoms with Crippen molar-refractivity contribution in [2.75, 3.05) is 40.9 Å². The highest BCUT2D eigenvalue weighted by atomic mass is 31.2. The van der Waals surface area contributed by atoms with E-state index in [1.807, 2.05) is 21.1 Å². The van der Waals surface area contributed by atoms with Crippen LogP contribution in [0.1, 0.15) is 155 Å². The summed E-state index contributed by atoms with van der Waals surface area (Å²) in [6.45, 7) is 4.71. The van der Waals surface area contributed by atoms with Crippen molar-refractivity contribution in [1.29, 1.82) is 0 Å². The molecular formula is C41H78N2O6P+. The number of amides is 1. The van der Waals surface area contributed by atoms with E-state index in [4.69, 9.17) is 9.05 Å². The molecule has 0 aromatic heterocycles. The molecule has 0 saturated carbocycles. The molecule has 8 nitrogen and oxygen atoms in total. The summed E-state index contributed by atoms with van der Waals surface area (Å²) in [4.78, 5) is 23.0. The fraction of sp³-hybridized carbons (Fsp3) is 0.780. The van der Waals surface area contributed by atoms with Gasteiger partial charge in [-0.15, -0.1) is 0 Å². The van der Waals surface area contributed by atoms with Crippen LogP contribution in [0.4, 0.5) is 0 Å². The van der Waals surface area contributed by atoms with Crippen LogP contribution in [0.15, 0.2) is 48.6 Å². The first-order valence-electron chi connectivity index (χ1n) is 20.0. The van der Waals surface area contributed by atoms with Crippen molar-refractivity contribution in [3.63, 3.8) is 0 Å². The molecular weight excluding hydrogens is 647 g/mol. The van der Waals surface area contributed by atoms with Gasteiger partial charge in [0.05, 0.1) is 39.9 Å². The number of rotatable bonds is 35.